The van der Waals surface area contributed by atoms with E-state index >= 15 is 0 Å². The summed E-state index contributed by atoms with van der Waals surface area (Å²) < 4.78 is 0. The van der Waals surface area contributed by atoms with E-state index in [1.807, 2.05) is 25.1 Å². The predicted octanol–water partition coefficient (Wildman–Crippen LogP) is 3.52. The number of rotatable bonds is 1. The summed E-state index contributed by atoms with van der Waals surface area (Å²) in [4.78, 5) is 7.40. The van der Waals surface area contributed by atoms with Gasteiger partial charge in [0.15, 0.2) is 0 Å². The molecule has 0 unspecified atom stereocenters. The Morgan fingerprint density at radius 1 is 1.46 bits per heavy atom. The Hall–Kier alpha value is -0.730. The van der Waals surface area contributed by atoms with Crippen LogP contribution in [0.3, 0.4) is 0 Å². The zero-order valence-electron chi connectivity index (χ0n) is 7.01. The van der Waals surface area contributed by atoms with Crippen molar-refractivity contribution in [3.63, 3.8) is 0 Å². The molecule has 1 aromatic heterocycles. The van der Waals surface area contributed by atoms with Gasteiger partial charge in [-0.1, -0.05) is 17.7 Å². The summed E-state index contributed by atoms with van der Waals surface area (Å²) in [6, 6.07) is 5.62. The number of imidazole rings is 1. The van der Waals surface area contributed by atoms with Crippen LogP contribution in [0.25, 0.3) is 11.0 Å². The first kappa shape index (κ1) is 8.85. The Bertz CT molecular complexity index is 434. The van der Waals surface area contributed by atoms with Crippen molar-refractivity contribution >= 4 is 34.2 Å². The molecule has 0 bridgehead atoms. The molecule has 1 N–H and O–H groups in total. The molecule has 1 heterocycles. The molecule has 4 heteroatoms. The number of hydrogen-bond donors (Lipinski definition) is 1. The highest BCUT2D eigenvalue weighted by atomic mass is 35.5. The quantitative estimate of drug-likeness (QED) is 0.724. The third-order valence-electron chi connectivity index (χ3n) is 1.86. The molecule has 1 atom stereocenters. The van der Waals surface area contributed by atoms with E-state index in [4.69, 9.17) is 23.2 Å². The monoisotopic (exact) mass is 214 g/mol. The fourth-order valence-electron chi connectivity index (χ4n) is 1.20. The molecule has 0 aliphatic rings. The summed E-state index contributed by atoms with van der Waals surface area (Å²) in [6.07, 6.45) is 0. The maximum absolute atomic E-state index is 5.95. The highest BCUT2D eigenvalue weighted by Gasteiger charge is 2.09. The summed E-state index contributed by atoms with van der Waals surface area (Å²) >= 11 is 11.8. The van der Waals surface area contributed by atoms with Crippen LogP contribution < -0.4 is 0 Å². The van der Waals surface area contributed by atoms with Gasteiger partial charge in [0, 0.05) is 0 Å². The van der Waals surface area contributed by atoms with E-state index in [1.165, 1.54) is 0 Å². The van der Waals surface area contributed by atoms with Gasteiger partial charge in [-0.15, -0.1) is 11.6 Å². The van der Waals surface area contributed by atoms with Gasteiger partial charge in [-0.05, 0) is 19.1 Å². The van der Waals surface area contributed by atoms with Crippen LogP contribution in [-0.4, -0.2) is 9.97 Å². The highest BCUT2D eigenvalue weighted by Crippen LogP contribution is 2.24. The van der Waals surface area contributed by atoms with Crippen LogP contribution in [0.4, 0.5) is 0 Å². The Labute approximate surface area is 85.9 Å². The minimum absolute atomic E-state index is 0.122. The molecule has 2 nitrogen and oxygen atoms in total. The van der Waals surface area contributed by atoms with Crippen LogP contribution >= 0.6 is 23.2 Å². The van der Waals surface area contributed by atoms with E-state index in [1.54, 1.807) is 0 Å². The van der Waals surface area contributed by atoms with Crippen LogP contribution in [0, 0.1) is 0 Å². The molecule has 0 spiro atoms. The zero-order chi connectivity index (χ0) is 9.42. The molecule has 0 amide bonds. The predicted molar refractivity (Wildman–Crippen MR) is 55.4 cm³/mol. The molecule has 0 aliphatic carbocycles. The first-order chi connectivity index (χ1) is 6.18. The minimum Gasteiger partial charge on any atom is -0.341 e. The third-order valence-corrected chi connectivity index (χ3v) is 2.37. The zero-order valence-corrected chi connectivity index (χ0v) is 8.52. The molecular formula is C9H8Cl2N2. The van der Waals surface area contributed by atoms with E-state index in [-0.39, 0.29) is 5.38 Å². The number of fused-ring (bicyclic) bond motifs is 1. The number of hydrogen-bond acceptors (Lipinski definition) is 1. The first-order valence-corrected chi connectivity index (χ1v) is 4.78. The molecule has 2 rings (SSSR count). The molecule has 1 aromatic carbocycles. The third kappa shape index (κ3) is 1.52. The first-order valence-electron chi connectivity index (χ1n) is 3.96. The fourth-order valence-corrected chi connectivity index (χ4v) is 1.52. The highest BCUT2D eigenvalue weighted by molar-refractivity contribution is 6.34. The Morgan fingerprint density at radius 3 is 2.85 bits per heavy atom. The second-order valence-electron chi connectivity index (χ2n) is 2.87. The molecular weight excluding hydrogens is 207 g/mol. The molecule has 0 radical (unpaired) electrons. The Balaban J connectivity index is 2.68. The molecule has 0 saturated carbocycles. The Morgan fingerprint density at radius 2 is 2.23 bits per heavy atom. The minimum atomic E-state index is -0.122. The fraction of sp³-hybridized carbons (Fsp3) is 0.222. The van der Waals surface area contributed by atoms with Gasteiger partial charge in [-0.2, -0.15) is 0 Å². The van der Waals surface area contributed by atoms with Crippen molar-refractivity contribution in [1.29, 1.82) is 0 Å². The number of nitrogens with one attached hydrogen (secondary N) is 1. The standard InChI is InChI=1S/C9H8Cl2N2/c1-5(10)9-12-7-4-2-3-6(11)8(7)13-9/h2-5H,1H3,(H,12,13)/t5-/m1/s1. The summed E-state index contributed by atoms with van der Waals surface area (Å²) in [5, 5.41) is 0.529. The van der Waals surface area contributed by atoms with E-state index in [9.17, 15) is 0 Å². The van der Waals surface area contributed by atoms with Gasteiger partial charge in [0.05, 0.1) is 15.9 Å². The number of H-pyrrole nitrogens is 1. The van der Waals surface area contributed by atoms with E-state index in [0.717, 1.165) is 16.9 Å². The lowest BCUT2D eigenvalue weighted by Gasteiger charge is -1.93. The number of alkyl halides is 1. The van der Waals surface area contributed by atoms with E-state index in [2.05, 4.69) is 9.97 Å². The van der Waals surface area contributed by atoms with Crippen molar-refractivity contribution in [2.45, 2.75) is 12.3 Å². The summed E-state index contributed by atoms with van der Waals surface area (Å²) in [5.74, 6) is 0.754. The van der Waals surface area contributed by atoms with Gasteiger partial charge in [0.25, 0.3) is 0 Å². The number of aromatic amines is 1. The van der Waals surface area contributed by atoms with Gasteiger partial charge in [-0.25, -0.2) is 4.98 Å². The average molecular weight is 215 g/mol. The maximum Gasteiger partial charge on any atom is 0.125 e. The van der Waals surface area contributed by atoms with Gasteiger partial charge in [0.1, 0.15) is 11.3 Å². The average Bonchev–Trinajstić information content (AvgIpc) is 2.49. The molecule has 13 heavy (non-hydrogen) atoms. The van der Waals surface area contributed by atoms with Crippen LogP contribution in [0.5, 0.6) is 0 Å². The lowest BCUT2D eigenvalue weighted by atomic mass is 10.3. The summed E-state index contributed by atoms with van der Waals surface area (Å²) in [7, 11) is 0. The second-order valence-corrected chi connectivity index (χ2v) is 3.94. The smallest absolute Gasteiger partial charge is 0.125 e. The van der Waals surface area contributed by atoms with Crippen molar-refractivity contribution in [3.8, 4) is 0 Å². The van der Waals surface area contributed by atoms with Crippen LogP contribution in [0.1, 0.15) is 18.1 Å². The summed E-state index contributed by atoms with van der Waals surface area (Å²) in [6.45, 7) is 1.87. The van der Waals surface area contributed by atoms with E-state index < -0.39 is 0 Å². The number of nitrogens with zero attached hydrogens (tertiary/aromatic N) is 1. The van der Waals surface area contributed by atoms with Gasteiger partial charge in [0.2, 0.25) is 0 Å². The normalized spacial score (nSPS) is 13.5. The van der Waals surface area contributed by atoms with Crippen molar-refractivity contribution < 1.29 is 0 Å². The van der Waals surface area contributed by atoms with Gasteiger partial charge < -0.3 is 4.98 Å². The molecule has 0 saturated heterocycles. The van der Waals surface area contributed by atoms with Gasteiger partial charge >= 0.3 is 0 Å². The molecule has 2 aromatic rings. The SMILES string of the molecule is C[C@@H](Cl)c1nc2c(Cl)cccc2[nH]1. The molecule has 0 fully saturated rings. The molecule has 0 aliphatic heterocycles. The largest absolute Gasteiger partial charge is 0.341 e. The molecule has 68 valence electrons. The van der Waals surface area contributed by atoms with Crippen molar-refractivity contribution in [1.82, 2.24) is 9.97 Å². The topological polar surface area (TPSA) is 28.7 Å². The second kappa shape index (κ2) is 3.20. The number of benzene rings is 1. The van der Waals surface area contributed by atoms with Gasteiger partial charge in [-0.3, -0.25) is 0 Å². The number of halogens is 2. The van der Waals surface area contributed by atoms with Crippen molar-refractivity contribution in [2.24, 2.45) is 0 Å². The van der Waals surface area contributed by atoms with E-state index in [0.29, 0.717) is 5.02 Å². The number of aromatic nitrogens is 2. The summed E-state index contributed by atoms with van der Waals surface area (Å²) in [5.41, 5.74) is 1.71. The van der Waals surface area contributed by atoms with Crippen molar-refractivity contribution in [3.05, 3.63) is 29.0 Å². The van der Waals surface area contributed by atoms with Crippen LogP contribution in [-0.2, 0) is 0 Å². The van der Waals surface area contributed by atoms with Crippen LogP contribution in [0.15, 0.2) is 18.2 Å². The Kier molecular flexibility index (Phi) is 2.18. The lowest BCUT2D eigenvalue weighted by molar-refractivity contribution is 0.962. The maximum atomic E-state index is 5.95. The lowest BCUT2D eigenvalue weighted by Crippen LogP contribution is -1.85. The van der Waals surface area contributed by atoms with Crippen LogP contribution in [0.2, 0.25) is 5.02 Å². The van der Waals surface area contributed by atoms with Crippen molar-refractivity contribution in [2.75, 3.05) is 0 Å². The number of para-hydroxylation sites is 1.